The molecule has 6 unspecified atom stereocenters. The van der Waals surface area contributed by atoms with E-state index in [0.29, 0.717) is 30.3 Å². The first-order valence-corrected chi connectivity index (χ1v) is 15.2. The second-order valence-electron chi connectivity index (χ2n) is 12.6. The molecule has 6 atom stereocenters. The first kappa shape index (κ1) is 24.1. The van der Waals surface area contributed by atoms with Gasteiger partial charge < -0.3 is 15.0 Å². The summed E-state index contributed by atoms with van der Waals surface area (Å²) in [6, 6.07) is 0.521. The molecule has 6 fully saturated rings. The number of ether oxygens (including phenoxy) is 1. The van der Waals surface area contributed by atoms with Crippen molar-refractivity contribution in [2.75, 3.05) is 52.4 Å². The van der Waals surface area contributed by atoms with Crippen LogP contribution in [-0.2, 0) is 4.74 Å². The highest BCUT2D eigenvalue weighted by atomic mass is 16.5. The molecule has 2 saturated carbocycles. The minimum absolute atomic E-state index is 0.433. The Hall–Kier alpha value is -0.240. The van der Waals surface area contributed by atoms with Crippen LogP contribution in [0.2, 0.25) is 0 Å². The van der Waals surface area contributed by atoms with Crippen molar-refractivity contribution in [1.82, 2.24) is 25.6 Å². The molecule has 0 spiro atoms. The Morgan fingerprint density at radius 1 is 0.735 bits per heavy atom. The second-order valence-corrected chi connectivity index (χ2v) is 12.6. The minimum Gasteiger partial charge on any atom is -0.373 e. The Labute approximate surface area is 208 Å². The van der Waals surface area contributed by atoms with Gasteiger partial charge in [0.25, 0.3) is 0 Å². The Bertz CT molecular complexity index is 614. The molecule has 4 heterocycles. The Balaban J connectivity index is 1.06. The minimum atomic E-state index is 0.433. The van der Waals surface area contributed by atoms with Crippen molar-refractivity contribution >= 4 is 0 Å². The molecular formula is C28H51N5O. The van der Waals surface area contributed by atoms with E-state index in [4.69, 9.17) is 4.74 Å². The third-order valence-corrected chi connectivity index (χ3v) is 10.2. The SMILES string of the molecule is C1CCC(CN2CC(CN3CCN(C4CCCCN4)CC3)C(C3CC4CCCCC4O3)N2)CC1. The average molecular weight is 474 g/mol. The molecule has 6 nitrogen and oxygen atoms in total. The lowest BCUT2D eigenvalue weighted by molar-refractivity contribution is -0.0100. The van der Waals surface area contributed by atoms with Gasteiger partial charge in [0.2, 0.25) is 0 Å². The van der Waals surface area contributed by atoms with Crippen LogP contribution in [0.4, 0.5) is 0 Å². The Morgan fingerprint density at radius 2 is 1.53 bits per heavy atom. The van der Waals surface area contributed by atoms with Crippen LogP contribution in [-0.4, -0.2) is 91.6 Å². The molecule has 194 valence electrons. The van der Waals surface area contributed by atoms with E-state index in [9.17, 15) is 0 Å². The summed E-state index contributed by atoms with van der Waals surface area (Å²) >= 11 is 0. The number of hydrogen-bond acceptors (Lipinski definition) is 6. The van der Waals surface area contributed by atoms with E-state index in [1.54, 1.807) is 0 Å². The van der Waals surface area contributed by atoms with Crippen LogP contribution >= 0.6 is 0 Å². The van der Waals surface area contributed by atoms with Gasteiger partial charge in [-0.15, -0.1) is 0 Å². The fourth-order valence-electron chi connectivity index (χ4n) is 8.30. The van der Waals surface area contributed by atoms with Crippen molar-refractivity contribution in [1.29, 1.82) is 0 Å². The van der Waals surface area contributed by atoms with E-state index < -0.39 is 0 Å². The van der Waals surface area contributed by atoms with E-state index in [1.807, 2.05) is 0 Å². The number of piperazine rings is 1. The van der Waals surface area contributed by atoms with Gasteiger partial charge in [-0.05, 0) is 69.7 Å². The summed E-state index contributed by atoms with van der Waals surface area (Å²) in [5, 5.41) is 6.40. The van der Waals surface area contributed by atoms with Gasteiger partial charge in [0.15, 0.2) is 0 Å². The number of piperidine rings is 1. The Morgan fingerprint density at radius 3 is 2.32 bits per heavy atom. The van der Waals surface area contributed by atoms with Gasteiger partial charge in [0.1, 0.15) is 0 Å². The standard InChI is InChI=1S/C28H51N5O/c1-2-8-22(9-3-1)19-33-21-24(28(30-33)26-18-23-10-4-5-11-25(23)34-26)20-31-14-16-32(17-15-31)27-12-6-7-13-29-27/h22-30H,1-21H2. The molecule has 0 bridgehead atoms. The third-order valence-electron chi connectivity index (χ3n) is 10.2. The average Bonchev–Trinajstić information content (AvgIpc) is 3.49. The van der Waals surface area contributed by atoms with E-state index >= 15 is 0 Å². The number of rotatable bonds is 6. The van der Waals surface area contributed by atoms with Crippen LogP contribution in [0, 0.1) is 17.8 Å². The van der Waals surface area contributed by atoms with Crippen molar-refractivity contribution in [3.63, 3.8) is 0 Å². The first-order chi connectivity index (χ1) is 16.8. The molecule has 6 aliphatic rings. The molecule has 0 radical (unpaired) electrons. The van der Waals surface area contributed by atoms with Crippen LogP contribution in [0.25, 0.3) is 0 Å². The van der Waals surface area contributed by atoms with Gasteiger partial charge in [-0.2, -0.15) is 0 Å². The summed E-state index contributed by atoms with van der Waals surface area (Å²) in [6.45, 7) is 9.88. The normalized spacial score (nSPS) is 41.6. The van der Waals surface area contributed by atoms with Gasteiger partial charge in [0, 0.05) is 51.7 Å². The lowest BCUT2D eigenvalue weighted by atomic mass is 9.83. The molecule has 2 aliphatic carbocycles. The number of nitrogens with zero attached hydrogens (tertiary/aromatic N) is 3. The van der Waals surface area contributed by atoms with Gasteiger partial charge in [-0.1, -0.05) is 32.1 Å². The fourth-order valence-corrected chi connectivity index (χ4v) is 8.30. The topological polar surface area (TPSA) is 43.0 Å². The van der Waals surface area contributed by atoms with Crippen molar-refractivity contribution in [2.45, 2.75) is 108 Å². The van der Waals surface area contributed by atoms with E-state index in [2.05, 4.69) is 25.6 Å². The zero-order valence-corrected chi connectivity index (χ0v) is 21.6. The lowest BCUT2D eigenvalue weighted by Crippen LogP contribution is -2.57. The number of hydrogen-bond donors (Lipinski definition) is 2. The maximum Gasteiger partial charge on any atom is 0.0752 e. The highest BCUT2D eigenvalue weighted by molar-refractivity contribution is 4.98. The molecule has 2 N–H and O–H groups in total. The monoisotopic (exact) mass is 473 g/mol. The van der Waals surface area contributed by atoms with Crippen LogP contribution in [0.5, 0.6) is 0 Å². The lowest BCUT2D eigenvalue weighted by Gasteiger charge is -2.42. The first-order valence-electron chi connectivity index (χ1n) is 15.2. The van der Waals surface area contributed by atoms with E-state index in [0.717, 1.165) is 11.8 Å². The number of hydrazine groups is 1. The summed E-state index contributed by atoms with van der Waals surface area (Å²) in [6.07, 6.45) is 19.8. The van der Waals surface area contributed by atoms with E-state index in [1.165, 1.54) is 136 Å². The molecule has 34 heavy (non-hydrogen) atoms. The zero-order valence-electron chi connectivity index (χ0n) is 21.6. The summed E-state index contributed by atoms with van der Waals surface area (Å²) in [5.41, 5.74) is 4.05. The predicted molar refractivity (Wildman–Crippen MR) is 137 cm³/mol. The summed E-state index contributed by atoms with van der Waals surface area (Å²) in [4.78, 5) is 5.50. The van der Waals surface area contributed by atoms with Crippen LogP contribution in [0.15, 0.2) is 0 Å². The predicted octanol–water partition coefficient (Wildman–Crippen LogP) is 3.44. The molecule has 4 aliphatic heterocycles. The molecule has 6 heteroatoms. The summed E-state index contributed by atoms with van der Waals surface area (Å²) in [5.74, 6) is 2.44. The fraction of sp³-hybridized carbons (Fsp3) is 1.00. The van der Waals surface area contributed by atoms with Crippen molar-refractivity contribution < 1.29 is 4.74 Å². The Kier molecular flexibility index (Phi) is 8.11. The van der Waals surface area contributed by atoms with Crippen molar-refractivity contribution in [2.24, 2.45) is 17.8 Å². The molecule has 4 saturated heterocycles. The molecule has 0 aromatic carbocycles. The molecule has 0 aromatic heterocycles. The third kappa shape index (κ3) is 5.68. The highest BCUT2D eigenvalue weighted by Gasteiger charge is 2.46. The number of fused-ring (bicyclic) bond motifs is 1. The maximum absolute atomic E-state index is 6.78. The van der Waals surface area contributed by atoms with Gasteiger partial charge in [-0.25, -0.2) is 10.4 Å². The number of nitrogens with one attached hydrogen (secondary N) is 2. The molecular weight excluding hydrogens is 422 g/mol. The van der Waals surface area contributed by atoms with Crippen LogP contribution in [0.3, 0.4) is 0 Å². The maximum atomic E-state index is 6.78. The molecule has 0 aromatic rings. The van der Waals surface area contributed by atoms with Crippen molar-refractivity contribution in [3.05, 3.63) is 0 Å². The summed E-state index contributed by atoms with van der Waals surface area (Å²) in [7, 11) is 0. The van der Waals surface area contributed by atoms with Gasteiger partial charge in [-0.3, -0.25) is 4.90 Å². The second kappa shape index (κ2) is 11.4. The molecule has 0 amide bonds. The van der Waals surface area contributed by atoms with E-state index in [-0.39, 0.29) is 0 Å². The van der Waals surface area contributed by atoms with Gasteiger partial charge in [0.05, 0.1) is 24.4 Å². The largest absolute Gasteiger partial charge is 0.373 e. The quantitative estimate of drug-likeness (QED) is 0.616. The van der Waals surface area contributed by atoms with Crippen LogP contribution in [0.1, 0.15) is 83.5 Å². The van der Waals surface area contributed by atoms with Crippen LogP contribution < -0.4 is 10.7 Å². The molecule has 6 rings (SSSR count). The zero-order chi connectivity index (χ0) is 22.7. The summed E-state index contributed by atoms with van der Waals surface area (Å²) < 4.78 is 6.78. The van der Waals surface area contributed by atoms with Crippen molar-refractivity contribution in [3.8, 4) is 0 Å². The van der Waals surface area contributed by atoms with Gasteiger partial charge >= 0.3 is 0 Å². The smallest absolute Gasteiger partial charge is 0.0752 e. The highest BCUT2D eigenvalue weighted by Crippen LogP contribution is 2.40.